The molecule has 2 aromatic rings. The first kappa shape index (κ1) is 14.6. The van der Waals surface area contributed by atoms with E-state index in [2.05, 4.69) is 0 Å². The van der Waals surface area contributed by atoms with Gasteiger partial charge in [0, 0.05) is 0 Å². The van der Waals surface area contributed by atoms with Crippen LogP contribution in [-0.2, 0) is 22.7 Å². The Labute approximate surface area is 99.7 Å². The zero-order chi connectivity index (χ0) is 12.1. The second kappa shape index (κ2) is 11.7. The van der Waals surface area contributed by atoms with Crippen molar-refractivity contribution < 1.29 is 26.8 Å². The Balaban J connectivity index is 0.000000217. The van der Waals surface area contributed by atoms with Crippen LogP contribution in [0.25, 0.3) is 0 Å². The van der Waals surface area contributed by atoms with Gasteiger partial charge >= 0.3 is 26.8 Å². The largest absolute Gasteiger partial charge is 0.0623 e. The van der Waals surface area contributed by atoms with Gasteiger partial charge in [0.1, 0.15) is 0 Å². The first-order valence-corrected chi connectivity index (χ1v) is 6.33. The number of rotatable bonds is 0. The molecule has 0 aliphatic carbocycles. The molecule has 0 saturated carbocycles. The standard InChI is InChI=1S/2C6H6.H2O.2O.V/c2*1-2-4-6-5-3-1;;;;/h2*1-6H;1H2;;;/q;;;;;+1/p-1. The van der Waals surface area contributed by atoms with Gasteiger partial charge in [-0.15, -0.1) is 0 Å². The van der Waals surface area contributed by atoms with Crippen molar-refractivity contribution in [1.82, 2.24) is 0 Å². The van der Waals surface area contributed by atoms with Gasteiger partial charge in [-0.25, -0.2) is 0 Å². The van der Waals surface area contributed by atoms with Gasteiger partial charge in [0.05, 0.1) is 0 Å². The molecule has 0 saturated heterocycles. The molecule has 0 aromatic heterocycles. The smallest absolute Gasteiger partial charge is 0.0623 e. The summed E-state index contributed by atoms with van der Waals surface area (Å²) in [7, 11) is 0. The zero-order valence-corrected chi connectivity index (χ0v) is 10.0. The Morgan fingerprint density at radius 2 is 0.562 bits per heavy atom. The second-order valence-corrected chi connectivity index (χ2v) is 3.29. The van der Waals surface area contributed by atoms with E-state index in [1.54, 1.807) is 0 Å². The van der Waals surface area contributed by atoms with Gasteiger partial charge in [-0.05, 0) is 0 Å². The van der Waals surface area contributed by atoms with Crippen molar-refractivity contribution in [3.63, 3.8) is 0 Å². The first-order valence-electron chi connectivity index (χ1n) is 4.57. The molecule has 1 N–H and O–H groups in total. The van der Waals surface area contributed by atoms with Gasteiger partial charge in [-0.1, -0.05) is 72.8 Å². The molecule has 0 spiro atoms. The average molecular weight is 256 g/mol. The van der Waals surface area contributed by atoms with E-state index in [0.29, 0.717) is 0 Å². The van der Waals surface area contributed by atoms with Crippen LogP contribution in [0.5, 0.6) is 0 Å². The van der Waals surface area contributed by atoms with Crippen LogP contribution >= 0.6 is 0 Å². The third-order valence-electron chi connectivity index (χ3n) is 1.33. The van der Waals surface area contributed by atoms with Gasteiger partial charge < -0.3 is 0 Å². The Morgan fingerprint density at radius 1 is 0.500 bits per heavy atom. The van der Waals surface area contributed by atoms with Gasteiger partial charge in [0.2, 0.25) is 0 Å². The summed E-state index contributed by atoms with van der Waals surface area (Å²) in [5.41, 5.74) is 0. The Hall–Kier alpha value is -1.42. The van der Waals surface area contributed by atoms with E-state index in [0.717, 1.165) is 0 Å². The van der Waals surface area contributed by atoms with Gasteiger partial charge in [0.25, 0.3) is 0 Å². The monoisotopic (exact) mass is 256 g/mol. The zero-order valence-electron chi connectivity index (χ0n) is 8.64. The summed E-state index contributed by atoms with van der Waals surface area (Å²) >= 11 is -3.69. The van der Waals surface area contributed by atoms with Crippen LogP contribution in [0, 0.1) is 0 Å². The fourth-order valence-corrected chi connectivity index (χ4v) is 0.770. The molecule has 0 unspecified atom stereocenters. The molecule has 3 nitrogen and oxygen atoms in total. The maximum Gasteiger partial charge on any atom is -0.0623 e. The quantitative estimate of drug-likeness (QED) is 0.788. The Kier molecular flexibility index (Phi) is 10.6. The molecule has 0 bridgehead atoms. The SMILES string of the molecule is [O]=[V](=[O])[OH].c1ccccc1.c1ccccc1. The normalized spacial score (nSPS) is 7.56. The van der Waals surface area contributed by atoms with Gasteiger partial charge in [0.15, 0.2) is 0 Å². The molecule has 0 fully saturated rings. The average Bonchev–Trinajstić information content (AvgIpc) is 2.34. The molecule has 2 rings (SSSR count). The summed E-state index contributed by atoms with van der Waals surface area (Å²) in [4.78, 5) is 0. The number of hydrogen-bond acceptors (Lipinski definition) is 2. The third kappa shape index (κ3) is 15.1. The summed E-state index contributed by atoms with van der Waals surface area (Å²) in [6.07, 6.45) is 0. The predicted octanol–water partition coefficient (Wildman–Crippen LogP) is 2.58. The maximum absolute atomic E-state index is 8.67. The van der Waals surface area contributed by atoms with E-state index in [1.807, 2.05) is 72.8 Å². The first-order chi connectivity index (χ1) is 7.73. The van der Waals surface area contributed by atoms with E-state index in [4.69, 9.17) is 11.4 Å². The third-order valence-corrected chi connectivity index (χ3v) is 1.33. The molecular formula is C12H13O3V. The van der Waals surface area contributed by atoms with Crippen LogP contribution in [0.2, 0.25) is 0 Å². The molecule has 2 aromatic carbocycles. The van der Waals surface area contributed by atoms with Gasteiger partial charge in [-0.3, -0.25) is 0 Å². The second-order valence-electron chi connectivity index (χ2n) is 2.55. The van der Waals surface area contributed by atoms with Crippen LogP contribution in [0.4, 0.5) is 0 Å². The minimum atomic E-state index is -3.69. The summed E-state index contributed by atoms with van der Waals surface area (Å²) in [5, 5.41) is 0. The summed E-state index contributed by atoms with van der Waals surface area (Å²) in [6.45, 7) is 0. The molecule has 0 heterocycles. The van der Waals surface area contributed by atoms with Crippen molar-refractivity contribution in [1.29, 1.82) is 0 Å². The van der Waals surface area contributed by atoms with Crippen molar-refractivity contribution >= 4 is 0 Å². The molecule has 84 valence electrons. The van der Waals surface area contributed by atoms with Crippen LogP contribution in [0.15, 0.2) is 72.8 Å². The van der Waals surface area contributed by atoms with Crippen molar-refractivity contribution in [3.05, 3.63) is 72.8 Å². The molecule has 0 aliphatic heterocycles. The van der Waals surface area contributed by atoms with Crippen LogP contribution < -0.4 is 0 Å². The van der Waals surface area contributed by atoms with E-state index in [9.17, 15) is 0 Å². The minimum absolute atomic E-state index is 2.00. The van der Waals surface area contributed by atoms with Crippen molar-refractivity contribution in [2.75, 3.05) is 0 Å². The van der Waals surface area contributed by atoms with E-state index >= 15 is 0 Å². The predicted molar refractivity (Wildman–Crippen MR) is 56.5 cm³/mol. The summed E-state index contributed by atoms with van der Waals surface area (Å²) in [5.74, 6) is 0. The van der Waals surface area contributed by atoms with Crippen molar-refractivity contribution in [3.8, 4) is 0 Å². The Morgan fingerprint density at radius 3 is 0.625 bits per heavy atom. The van der Waals surface area contributed by atoms with Gasteiger partial charge in [-0.2, -0.15) is 0 Å². The summed E-state index contributed by atoms with van der Waals surface area (Å²) < 4.78 is 24.4. The van der Waals surface area contributed by atoms with Crippen LogP contribution in [0.3, 0.4) is 0 Å². The number of benzene rings is 2. The Bertz CT molecular complexity index is 306. The molecule has 16 heavy (non-hydrogen) atoms. The minimum Gasteiger partial charge on any atom is -0.0623 e. The van der Waals surface area contributed by atoms with E-state index in [1.165, 1.54) is 0 Å². The summed E-state index contributed by atoms with van der Waals surface area (Å²) in [6, 6.07) is 24.0. The fourth-order valence-electron chi connectivity index (χ4n) is 0.770. The maximum atomic E-state index is 8.67. The molecule has 0 amide bonds. The van der Waals surface area contributed by atoms with Crippen LogP contribution in [0.1, 0.15) is 0 Å². The van der Waals surface area contributed by atoms with E-state index in [-0.39, 0.29) is 0 Å². The van der Waals surface area contributed by atoms with Crippen LogP contribution in [-0.4, -0.2) is 4.03 Å². The molecule has 0 aliphatic rings. The fraction of sp³-hybridized carbons (Fsp3) is 0. The van der Waals surface area contributed by atoms with Crippen molar-refractivity contribution in [2.24, 2.45) is 0 Å². The topological polar surface area (TPSA) is 54.4 Å². The molecule has 0 radical (unpaired) electrons. The van der Waals surface area contributed by atoms with E-state index < -0.39 is 15.4 Å². The molecule has 4 heteroatoms. The molecule has 0 atom stereocenters. The number of hydrogen-bond donors (Lipinski definition) is 1. The van der Waals surface area contributed by atoms with Crippen molar-refractivity contribution in [2.45, 2.75) is 0 Å². The molecular weight excluding hydrogens is 243 g/mol.